The maximum atomic E-state index is 9.60. The van der Waals surface area contributed by atoms with Gasteiger partial charge in [0, 0.05) is 18.5 Å². The van der Waals surface area contributed by atoms with Gasteiger partial charge in [-0.15, -0.1) is 0 Å². The molecule has 0 aliphatic carbocycles. The first-order valence-corrected chi connectivity index (χ1v) is 4.50. The van der Waals surface area contributed by atoms with Crippen LogP contribution in [0.15, 0.2) is 11.9 Å². The van der Waals surface area contributed by atoms with Gasteiger partial charge in [-0.2, -0.15) is 0 Å². The van der Waals surface area contributed by atoms with Gasteiger partial charge in [0.15, 0.2) is 5.79 Å². The van der Waals surface area contributed by atoms with E-state index in [1.807, 2.05) is 6.92 Å². The Morgan fingerprint density at radius 2 is 2.31 bits per heavy atom. The molecule has 0 aliphatic heterocycles. The number of nitrogens with two attached hydrogens (primary N) is 1. The third kappa shape index (κ3) is 7.62. The number of ether oxygens (including phenoxy) is 1. The van der Waals surface area contributed by atoms with Crippen LogP contribution in [0.2, 0.25) is 0 Å². The maximum absolute atomic E-state index is 9.60. The SMILES string of the molecule is CCCOC(C)(O)CNC=C(C)N. The fourth-order valence-corrected chi connectivity index (χ4v) is 0.774. The van der Waals surface area contributed by atoms with Crippen LogP contribution in [0.25, 0.3) is 0 Å². The average molecular weight is 188 g/mol. The molecule has 0 aromatic carbocycles. The topological polar surface area (TPSA) is 67.5 Å². The minimum atomic E-state index is -1.12. The molecule has 4 nitrogen and oxygen atoms in total. The van der Waals surface area contributed by atoms with Gasteiger partial charge in [-0.3, -0.25) is 0 Å². The molecule has 0 amide bonds. The Morgan fingerprint density at radius 1 is 1.69 bits per heavy atom. The normalized spacial score (nSPS) is 16.8. The van der Waals surface area contributed by atoms with Crippen LogP contribution in [0.4, 0.5) is 0 Å². The number of rotatable bonds is 6. The van der Waals surface area contributed by atoms with E-state index in [0.29, 0.717) is 18.8 Å². The smallest absolute Gasteiger partial charge is 0.180 e. The van der Waals surface area contributed by atoms with E-state index in [1.165, 1.54) is 0 Å². The number of nitrogens with one attached hydrogen (secondary N) is 1. The summed E-state index contributed by atoms with van der Waals surface area (Å²) >= 11 is 0. The van der Waals surface area contributed by atoms with Crippen molar-refractivity contribution in [3.05, 3.63) is 11.9 Å². The van der Waals surface area contributed by atoms with Gasteiger partial charge in [0.1, 0.15) is 0 Å². The van der Waals surface area contributed by atoms with Crippen LogP contribution in [0, 0.1) is 0 Å². The van der Waals surface area contributed by atoms with Gasteiger partial charge >= 0.3 is 0 Å². The summed E-state index contributed by atoms with van der Waals surface area (Å²) in [5.74, 6) is -1.12. The first-order chi connectivity index (χ1) is 5.98. The summed E-state index contributed by atoms with van der Waals surface area (Å²) in [7, 11) is 0. The van der Waals surface area contributed by atoms with E-state index in [2.05, 4.69) is 5.32 Å². The Morgan fingerprint density at radius 3 is 2.77 bits per heavy atom. The van der Waals surface area contributed by atoms with E-state index in [0.717, 1.165) is 6.42 Å². The molecule has 1 unspecified atom stereocenters. The summed E-state index contributed by atoms with van der Waals surface area (Å²) < 4.78 is 5.18. The van der Waals surface area contributed by atoms with Crippen molar-refractivity contribution in [2.45, 2.75) is 33.0 Å². The first-order valence-electron chi connectivity index (χ1n) is 4.50. The van der Waals surface area contributed by atoms with Crippen molar-refractivity contribution in [1.82, 2.24) is 5.32 Å². The second-order valence-corrected chi connectivity index (χ2v) is 3.29. The molecule has 1 atom stereocenters. The van der Waals surface area contributed by atoms with E-state index in [4.69, 9.17) is 10.5 Å². The van der Waals surface area contributed by atoms with Crippen molar-refractivity contribution >= 4 is 0 Å². The average Bonchev–Trinajstić information content (AvgIpc) is 2.00. The molecule has 0 fully saturated rings. The summed E-state index contributed by atoms with van der Waals surface area (Å²) in [6.45, 7) is 6.28. The fraction of sp³-hybridized carbons (Fsp3) is 0.778. The highest BCUT2D eigenvalue weighted by atomic mass is 16.6. The minimum Gasteiger partial charge on any atom is -0.401 e. The largest absolute Gasteiger partial charge is 0.401 e. The summed E-state index contributed by atoms with van der Waals surface area (Å²) in [4.78, 5) is 0. The van der Waals surface area contributed by atoms with Crippen molar-refractivity contribution in [2.75, 3.05) is 13.2 Å². The molecule has 0 aromatic rings. The molecule has 0 aliphatic rings. The Kier molecular flexibility index (Phi) is 5.50. The van der Waals surface area contributed by atoms with Crippen LogP contribution in [-0.2, 0) is 4.74 Å². The molecule has 4 heteroatoms. The highest BCUT2D eigenvalue weighted by Crippen LogP contribution is 2.04. The van der Waals surface area contributed by atoms with Gasteiger partial charge in [-0.25, -0.2) is 0 Å². The number of aliphatic hydroxyl groups is 1. The molecule has 0 radical (unpaired) electrons. The van der Waals surface area contributed by atoms with E-state index in [1.54, 1.807) is 20.0 Å². The van der Waals surface area contributed by atoms with Gasteiger partial charge in [-0.1, -0.05) is 6.92 Å². The minimum absolute atomic E-state index is 0.335. The Labute approximate surface area is 79.8 Å². The van der Waals surface area contributed by atoms with Crippen molar-refractivity contribution in [1.29, 1.82) is 0 Å². The van der Waals surface area contributed by atoms with Gasteiger partial charge in [-0.05, 0) is 20.3 Å². The van der Waals surface area contributed by atoms with Crippen LogP contribution in [-0.4, -0.2) is 24.0 Å². The van der Waals surface area contributed by atoms with Crippen LogP contribution in [0.3, 0.4) is 0 Å². The summed E-state index contributed by atoms with van der Waals surface area (Å²) in [5.41, 5.74) is 6.07. The number of allylic oxidation sites excluding steroid dienone is 1. The van der Waals surface area contributed by atoms with E-state index < -0.39 is 5.79 Å². The second kappa shape index (κ2) is 5.83. The standard InChI is InChI=1S/C9H20N2O2/c1-4-5-13-9(3,12)7-11-6-8(2)10/h6,11-12H,4-5,7,10H2,1-3H3. The van der Waals surface area contributed by atoms with Gasteiger partial charge in [0.05, 0.1) is 6.54 Å². The molecule has 0 bridgehead atoms. The van der Waals surface area contributed by atoms with Gasteiger partial charge < -0.3 is 20.9 Å². The van der Waals surface area contributed by atoms with Crippen molar-refractivity contribution in [3.63, 3.8) is 0 Å². The zero-order valence-electron chi connectivity index (χ0n) is 8.63. The zero-order valence-corrected chi connectivity index (χ0v) is 8.63. The van der Waals surface area contributed by atoms with E-state index >= 15 is 0 Å². The molecule has 0 heterocycles. The molecule has 4 N–H and O–H groups in total. The predicted octanol–water partition coefficient (Wildman–Crippen LogP) is 0.531. The molecule has 0 saturated heterocycles. The fourth-order valence-electron chi connectivity index (χ4n) is 0.774. The van der Waals surface area contributed by atoms with Crippen LogP contribution < -0.4 is 11.1 Å². The van der Waals surface area contributed by atoms with Crippen LogP contribution >= 0.6 is 0 Å². The molecule has 78 valence electrons. The molecular formula is C9H20N2O2. The molecular weight excluding hydrogens is 168 g/mol. The lowest BCUT2D eigenvalue weighted by Crippen LogP contribution is -2.39. The predicted molar refractivity (Wildman–Crippen MR) is 52.8 cm³/mol. The van der Waals surface area contributed by atoms with E-state index in [-0.39, 0.29) is 0 Å². The molecule has 0 spiro atoms. The highest BCUT2D eigenvalue weighted by Gasteiger charge is 2.18. The molecule has 13 heavy (non-hydrogen) atoms. The molecule has 0 aromatic heterocycles. The van der Waals surface area contributed by atoms with Crippen molar-refractivity contribution in [2.24, 2.45) is 5.73 Å². The van der Waals surface area contributed by atoms with Crippen molar-refractivity contribution in [3.8, 4) is 0 Å². The lowest BCUT2D eigenvalue weighted by atomic mass is 10.3. The zero-order chi connectivity index (χ0) is 10.3. The quantitative estimate of drug-likeness (QED) is 0.532. The molecule has 0 rings (SSSR count). The Hall–Kier alpha value is -0.740. The van der Waals surface area contributed by atoms with Crippen molar-refractivity contribution < 1.29 is 9.84 Å². The third-order valence-electron chi connectivity index (χ3n) is 1.38. The first kappa shape index (κ1) is 12.3. The monoisotopic (exact) mass is 188 g/mol. The molecule has 0 saturated carbocycles. The maximum Gasteiger partial charge on any atom is 0.180 e. The van der Waals surface area contributed by atoms with Gasteiger partial charge in [0.2, 0.25) is 0 Å². The van der Waals surface area contributed by atoms with E-state index in [9.17, 15) is 5.11 Å². The summed E-state index contributed by atoms with van der Waals surface area (Å²) in [6, 6.07) is 0. The number of hydrogen-bond donors (Lipinski definition) is 3. The summed E-state index contributed by atoms with van der Waals surface area (Å²) in [6.07, 6.45) is 2.53. The van der Waals surface area contributed by atoms with Crippen LogP contribution in [0.1, 0.15) is 27.2 Å². The highest BCUT2D eigenvalue weighted by molar-refractivity contribution is 4.89. The second-order valence-electron chi connectivity index (χ2n) is 3.29. The Bertz CT molecular complexity index is 163. The Balaban J connectivity index is 3.68. The number of hydrogen-bond acceptors (Lipinski definition) is 4. The summed E-state index contributed by atoms with van der Waals surface area (Å²) in [5, 5.41) is 12.5. The van der Waals surface area contributed by atoms with Gasteiger partial charge in [0.25, 0.3) is 0 Å². The third-order valence-corrected chi connectivity index (χ3v) is 1.38. The van der Waals surface area contributed by atoms with Crippen LogP contribution in [0.5, 0.6) is 0 Å². The lowest BCUT2D eigenvalue weighted by Gasteiger charge is -2.23. The lowest BCUT2D eigenvalue weighted by molar-refractivity contribution is -0.184.